The van der Waals surface area contributed by atoms with E-state index >= 15 is 0 Å². The van der Waals surface area contributed by atoms with Gasteiger partial charge in [0.15, 0.2) is 0 Å². The standard InChI is InChI=1S/C20H20N2O2S/c1-3-15-8-9-16(25-15)10-11-20(24)22(2)13-14-12-19(23)21-18-7-5-4-6-17(14)18/h4-12H,3,13H2,1-2H3,(H,21,23). The summed E-state index contributed by atoms with van der Waals surface area (Å²) in [6.07, 6.45) is 4.43. The van der Waals surface area contributed by atoms with Gasteiger partial charge >= 0.3 is 0 Å². The number of aromatic nitrogens is 1. The summed E-state index contributed by atoms with van der Waals surface area (Å²) < 4.78 is 0. The first-order chi connectivity index (χ1) is 12.1. The maximum atomic E-state index is 12.4. The second-order valence-electron chi connectivity index (χ2n) is 5.89. The fourth-order valence-electron chi connectivity index (χ4n) is 2.70. The van der Waals surface area contributed by atoms with Gasteiger partial charge in [-0.2, -0.15) is 0 Å². The Morgan fingerprint density at radius 2 is 2.04 bits per heavy atom. The van der Waals surface area contributed by atoms with Gasteiger partial charge in [0.05, 0.1) is 0 Å². The lowest BCUT2D eigenvalue weighted by Gasteiger charge is -2.16. The topological polar surface area (TPSA) is 53.2 Å². The number of benzene rings is 1. The Kier molecular flexibility index (Phi) is 5.14. The van der Waals surface area contributed by atoms with Crippen LogP contribution in [0.4, 0.5) is 0 Å². The van der Waals surface area contributed by atoms with Crippen molar-refractivity contribution in [3.8, 4) is 0 Å². The Balaban J connectivity index is 1.76. The SMILES string of the molecule is CCc1ccc(C=CC(=O)N(C)Cc2cc(=O)[nH]c3ccccc23)s1. The first-order valence-electron chi connectivity index (χ1n) is 8.19. The number of likely N-dealkylation sites (N-methyl/N-ethyl adjacent to an activating group) is 1. The number of nitrogens with one attached hydrogen (secondary N) is 1. The van der Waals surface area contributed by atoms with E-state index < -0.39 is 0 Å². The van der Waals surface area contributed by atoms with Gasteiger partial charge in [-0.15, -0.1) is 11.3 Å². The summed E-state index contributed by atoms with van der Waals surface area (Å²) in [7, 11) is 1.74. The van der Waals surface area contributed by atoms with Crippen molar-refractivity contribution in [2.24, 2.45) is 0 Å². The van der Waals surface area contributed by atoms with E-state index in [1.807, 2.05) is 36.4 Å². The average Bonchev–Trinajstić information content (AvgIpc) is 3.07. The summed E-state index contributed by atoms with van der Waals surface area (Å²) in [6.45, 7) is 2.50. The van der Waals surface area contributed by atoms with Gasteiger partial charge in [0.25, 0.3) is 0 Å². The van der Waals surface area contributed by atoms with E-state index in [2.05, 4.69) is 18.0 Å². The van der Waals surface area contributed by atoms with Crippen LogP contribution in [0.5, 0.6) is 0 Å². The fraction of sp³-hybridized carbons (Fsp3) is 0.200. The monoisotopic (exact) mass is 352 g/mol. The van der Waals surface area contributed by atoms with Crippen molar-refractivity contribution >= 4 is 34.2 Å². The van der Waals surface area contributed by atoms with E-state index in [1.165, 1.54) is 4.88 Å². The largest absolute Gasteiger partial charge is 0.338 e. The summed E-state index contributed by atoms with van der Waals surface area (Å²) in [5, 5.41) is 0.955. The molecule has 3 rings (SSSR count). The Labute approximate surface area is 150 Å². The molecule has 0 radical (unpaired) electrons. The first kappa shape index (κ1) is 17.2. The highest BCUT2D eigenvalue weighted by molar-refractivity contribution is 7.12. The molecule has 0 aliphatic carbocycles. The predicted molar refractivity (Wildman–Crippen MR) is 104 cm³/mol. The number of carbonyl (C=O) groups excluding carboxylic acids is 1. The zero-order chi connectivity index (χ0) is 17.8. The highest BCUT2D eigenvalue weighted by atomic mass is 32.1. The van der Waals surface area contributed by atoms with Gasteiger partial charge in [-0.05, 0) is 36.3 Å². The number of hydrogen-bond donors (Lipinski definition) is 1. The number of nitrogens with zero attached hydrogens (tertiary/aromatic N) is 1. The molecule has 0 bridgehead atoms. The van der Waals surface area contributed by atoms with E-state index in [0.29, 0.717) is 6.54 Å². The van der Waals surface area contributed by atoms with Gasteiger partial charge in [0.2, 0.25) is 11.5 Å². The maximum Gasteiger partial charge on any atom is 0.248 e. The van der Waals surface area contributed by atoms with Crippen LogP contribution in [0.25, 0.3) is 17.0 Å². The van der Waals surface area contributed by atoms with Crippen LogP contribution >= 0.6 is 11.3 Å². The third-order valence-electron chi connectivity index (χ3n) is 4.04. The van der Waals surface area contributed by atoms with E-state index in [0.717, 1.165) is 27.8 Å². The van der Waals surface area contributed by atoms with Crippen LogP contribution in [0.2, 0.25) is 0 Å². The van der Waals surface area contributed by atoms with Gasteiger partial charge in [0, 0.05) is 46.4 Å². The lowest BCUT2D eigenvalue weighted by Crippen LogP contribution is -2.25. The number of amides is 1. The van der Waals surface area contributed by atoms with Gasteiger partial charge < -0.3 is 9.88 Å². The highest BCUT2D eigenvalue weighted by Crippen LogP contribution is 2.19. The zero-order valence-corrected chi connectivity index (χ0v) is 15.1. The second kappa shape index (κ2) is 7.49. The molecule has 3 aromatic rings. The van der Waals surface area contributed by atoms with Crippen LogP contribution < -0.4 is 5.56 Å². The molecule has 128 valence electrons. The molecule has 5 heteroatoms. The highest BCUT2D eigenvalue weighted by Gasteiger charge is 2.10. The third-order valence-corrected chi connectivity index (χ3v) is 5.24. The van der Waals surface area contributed by atoms with E-state index in [-0.39, 0.29) is 11.5 Å². The Morgan fingerprint density at radius 3 is 2.80 bits per heavy atom. The minimum atomic E-state index is -0.157. The maximum absolute atomic E-state index is 12.4. The summed E-state index contributed by atoms with van der Waals surface area (Å²) in [5.41, 5.74) is 1.47. The minimum Gasteiger partial charge on any atom is -0.338 e. The molecule has 25 heavy (non-hydrogen) atoms. The summed E-state index contributed by atoms with van der Waals surface area (Å²) in [5.74, 6) is -0.0872. The molecule has 2 heterocycles. The van der Waals surface area contributed by atoms with Crippen molar-refractivity contribution in [1.82, 2.24) is 9.88 Å². The third kappa shape index (κ3) is 4.06. The number of pyridine rings is 1. The number of H-pyrrole nitrogens is 1. The number of thiophene rings is 1. The van der Waals surface area contributed by atoms with Crippen LogP contribution in [-0.2, 0) is 17.8 Å². The van der Waals surface area contributed by atoms with E-state index in [1.54, 1.807) is 35.4 Å². The molecule has 0 atom stereocenters. The number of rotatable bonds is 5. The van der Waals surface area contributed by atoms with Crippen LogP contribution in [0.3, 0.4) is 0 Å². The van der Waals surface area contributed by atoms with Crippen LogP contribution in [0.15, 0.2) is 53.3 Å². The zero-order valence-electron chi connectivity index (χ0n) is 14.3. The van der Waals surface area contributed by atoms with Crippen LogP contribution in [-0.4, -0.2) is 22.8 Å². The van der Waals surface area contributed by atoms with Gasteiger partial charge in [0.1, 0.15) is 0 Å². The summed E-state index contributed by atoms with van der Waals surface area (Å²) in [6, 6.07) is 13.3. The van der Waals surface area contributed by atoms with Gasteiger partial charge in [-0.1, -0.05) is 25.1 Å². The molecule has 0 aliphatic rings. The Hall–Kier alpha value is -2.66. The van der Waals surface area contributed by atoms with Crippen molar-refractivity contribution in [3.63, 3.8) is 0 Å². The van der Waals surface area contributed by atoms with Crippen molar-refractivity contribution in [2.75, 3.05) is 7.05 Å². The molecular formula is C20H20N2O2S. The minimum absolute atomic E-state index is 0.0872. The van der Waals surface area contributed by atoms with E-state index in [4.69, 9.17) is 0 Å². The van der Waals surface area contributed by atoms with Crippen LogP contribution in [0, 0.1) is 0 Å². The fourth-order valence-corrected chi connectivity index (χ4v) is 3.55. The molecule has 2 aromatic heterocycles. The Morgan fingerprint density at radius 1 is 1.24 bits per heavy atom. The number of aromatic amines is 1. The lowest BCUT2D eigenvalue weighted by molar-refractivity contribution is -0.125. The lowest BCUT2D eigenvalue weighted by atomic mass is 10.1. The number of fused-ring (bicyclic) bond motifs is 1. The molecule has 0 aliphatic heterocycles. The molecule has 0 saturated carbocycles. The molecule has 0 spiro atoms. The molecule has 1 N–H and O–H groups in total. The van der Waals surface area contributed by atoms with Crippen molar-refractivity contribution in [2.45, 2.75) is 19.9 Å². The number of hydrogen-bond acceptors (Lipinski definition) is 3. The van der Waals surface area contributed by atoms with Crippen LogP contribution in [0.1, 0.15) is 22.2 Å². The molecule has 0 unspecified atom stereocenters. The first-order valence-corrected chi connectivity index (χ1v) is 9.01. The van der Waals surface area contributed by atoms with E-state index in [9.17, 15) is 9.59 Å². The summed E-state index contributed by atoms with van der Waals surface area (Å²) >= 11 is 1.69. The number of para-hydroxylation sites is 1. The molecular weight excluding hydrogens is 332 g/mol. The predicted octanol–water partition coefficient (Wildman–Crippen LogP) is 3.82. The van der Waals surface area contributed by atoms with Gasteiger partial charge in [-0.3, -0.25) is 9.59 Å². The Bertz CT molecular complexity index is 985. The smallest absolute Gasteiger partial charge is 0.248 e. The van der Waals surface area contributed by atoms with Crippen molar-refractivity contribution in [1.29, 1.82) is 0 Å². The summed E-state index contributed by atoms with van der Waals surface area (Å²) in [4.78, 5) is 31.0. The molecule has 0 saturated heterocycles. The number of carbonyl (C=O) groups is 1. The van der Waals surface area contributed by atoms with Crippen molar-refractivity contribution < 1.29 is 4.79 Å². The quantitative estimate of drug-likeness (QED) is 0.710. The molecule has 0 fully saturated rings. The normalized spacial score (nSPS) is 11.3. The average molecular weight is 352 g/mol. The molecule has 1 aromatic carbocycles. The van der Waals surface area contributed by atoms with Crippen molar-refractivity contribution in [3.05, 3.63) is 74.2 Å². The second-order valence-corrected chi connectivity index (χ2v) is 7.09. The molecule has 1 amide bonds. The molecule has 4 nitrogen and oxygen atoms in total. The van der Waals surface area contributed by atoms with Gasteiger partial charge in [-0.25, -0.2) is 0 Å². The number of aryl methyl sites for hydroxylation is 1.